The number of aliphatic imine (C=N–C) groups is 1. The number of hydrogen-bond donors (Lipinski definition) is 5. The van der Waals surface area contributed by atoms with E-state index in [1.165, 1.54) is 6.08 Å². The molecule has 16 heteroatoms. The van der Waals surface area contributed by atoms with Gasteiger partial charge in [-0.1, -0.05) is 0 Å². The minimum absolute atomic E-state index is 0. The maximum atomic E-state index is 10.4. The van der Waals surface area contributed by atoms with E-state index in [1.807, 2.05) is 0 Å². The number of aliphatic hydroxyl groups is 1. The molecule has 22 heavy (non-hydrogen) atoms. The van der Waals surface area contributed by atoms with Crippen LogP contribution in [0.15, 0.2) is 28.8 Å². The summed E-state index contributed by atoms with van der Waals surface area (Å²) in [6.45, 7) is 0. The van der Waals surface area contributed by atoms with Crippen LogP contribution in [0.4, 0.5) is 0 Å². The van der Waals surface area contributed by atoms with Crippen LogP contribution in [0.5, 0.6) is 0 Å². The number of rotatable bonds is 0. The molecule has 0 aromatic rings. The van der Waals surface area contributed by atoms with Crippen molar-refractivity contribution in [1.82, 2.24) is 0 Å². The molecule has 1 heterocycles. The summed E-state index contributed by atoms with van der Waals surface area (Å²) in [6.07, 6.45) is 3.31. The van der Waals surface area contributed by atoms with Crippen LogP contribution in [0, 0.1) is 0 Å². The van der Waals surface area contributed by atoms with Crippen LogP contribution in [-0.2, 0) is 23.4 Å². The van der Waals surface area contributed by atoms with Crippen LogP contribution in [0.25, 0.3) is 0 Å². The number of nitrogens with zero attached hydrogens (tertiary/aromatic N) is 1. The van der Waals surface area contributed by atoms with Gasteiger partial charge >= 0.3 is 103 Å². The van der Waals surface area contributed by atoms with Gasteiger partial charge < -0.3 is 37.6 Å². The van der Waals surface area contributed by atoms with Crippen molar-refractivity contribution in [3.63, 3.8) is 0 Å². The fourth-order valence-corrected chi connectivity index (χ4v) is 0.507. The monoisotopic (exact) mass is 424 g/mol. The van der Waals surface area contributed by atoms with E-state index in [2.05, 4.69) is 4.99 Å². The molecule has 0 bridgehead atoms. The Morgan fingerprint density at radius 3 is 1.45 bits per heavy atom. The van der Waals surface area contributed by atoms with Crippen molar-refractivity contribution < 1.29 is 185 Å². The Hall–Kier alpha value is 1.92. The SMILES string of the molecule is O.O.O.O.O=C1C=C/C(=C(/[O-])O)N=C1.OO.OO.[K+].[K+].[OH-].[V]. The van der Waals surface area contributed by atoms with Gasteiger partial charge in [0.2, 0.25) is 0 Å². The molecule has 1 radical (unpaired) electrons. The maximum Gasteiger partial charge on any atom is 1.00 e. The third-order valence-electron chi connectivity index (χ3n) is 0.955. The molecule has 1 aliphatic heterocycles. The zero-order chi connectivity index (χ0) is 11.6. The van der Waals surface area contributed by atoms with Crippen molar-refractivity contribution in [2.24, 2.45) is 4.99 Å². The number of carbonyl (C=O) groups is 1. The van der Waals surface area contributed by atoms with Gasteiger partial charge in [-0.25, -0.2) is 0 Å². The van der Waals surface area contributed by atoms with Gasteiger partial charge in [0.1, 0.15) is 0 Å². The summed E-state index contributed by atoms with van der Waals surface area (Å²) in [6, 6.07) is 0. The molecule has 0 unspecified atom stereocenters. The Bertz CT molecular complexity index is 252. The first kappa shape index (κ1) is 64.9. The minimum atomic E-state index is -1.12. The second-order valence-corrected chi connectivity index (χ2v) is 1.68. The van der Waals surface area contributed by atoms with Gasteiger partial charge in [0.05, 0.1) is 17.9 Å². The first-order valence-corrected chi connectivity index (χ1v) is 2.96. The third kappa shape index (κ3) is 37.8. The molecule has 13 nitrogen and oxygen atoms in total. The van der Waals surface area contributed by atoms with E-state index in [0.717, 1.165) is 12.3 Å². The van der Waals surface area contributed by atoms with E-state index in [0.29, 0.717) is 0 Å². The second kappa shape index (κ2) is 49.5. The van der Waals surface area contributed by atoms with Crippen molar-refractivity contribution in [3.8, 4) is 0 Å². The molecule has 0 aromatic carbocycles. The molecule has 0 aliphatic carbocycles. The Morgan fingerprint density at radius 2 is 1.27 bits per heavy atom. The van der Waals surface area contributed by atoms with Gasteiger partial charge in [-0.15, -0.1) is 0 Å². The molecule has 0 aromatic heterocycles. The number of allylic oxidation sites excluding steroid dienone is 2. The molecule has 0 saturated carbocycles. The quantitative estimate of drug-likeness (QED) is 0.107. The third-order valence-corrected chi connectivity index (χ3v) is 0.955. The number of dihydropyridines is 1. The molecule has 14 N–H and O–H groups in total. The summed E-state index contributed by atoms with van der Waals surface area (Å²) in [5, 5.41) is 42.5. The fourth-order valence-electron chi connectivity index (χ4n) is 0.507. The molecule has 0 spiro atoms. The van der Waals surface area contributed by atoms with Gasteiger partial charge in [0, 0.05) is 18.6 Å². The van der Waals surface area contributed by atoms with Gasteiger partial charge in [-0.2, -0.15) is 0 Å². The Balaban J connectivity index is -0.0000000140. The molecular formula is C6H17K2NO12V. The number of hydrogen-bond acceptors (Lipinski definition) is 9. The van der Waals surface area contributed by atoms with Gasteiger partial charge in [-0.3, -0.25) is 30.8 Å². The van der Waals surface area contributed by atoms with Gasteiger partial charge in [0.15, 0.2) is 5.78 Å². The van der Waals surface area contributed by atoms with Crippen molar-refractivity contribution in [2.75, 3.05) is 0 Å². The van der Waals surface area contributed by atoms with E-state index in [-0.39, 0.29) is 160 Å². The van der Waals surface area contributed by atoms with E-state index in [9.17, 15) is 9.90 Å². The number of aliphatic hydroxyl groups excluding tert-OH is 1. The van der Waals surface area contributed by atoms with Gasteiger partial charge in [0.25, 0.3) is 0 Å². The normalized spacial score (nSPS) is 10.3. The largest absolute Gasteiger partial charge is 1.00 e. The first-order valence-electron chi connectivity index (χ1n) is 2.96. The maximum absolute atomic E-state index is 10.4. The first-order chi connectivity index (χ1) is 6.70. The van der Waals surface area contributed by atoms with Crippen LogP contribution in [0.2, 0.25) is 0 Å². The standard InChI is InChI=1S/C6H5NO3.2K.2H2O2.5H2O.V/c8-4-1-2-5(6(9)10)7-3-4;;;2*1-2;;;;;;/h1-3,9-10H;;;2*1-2H;5*1H2;/q;2*+1;;;;;;;;/p-2. The molecule has 0 atom stereocenters. The van der Waals surface area contributed by atoms with Crippen molar-refractivity contribution >= 4 is 12.0 Å². The molecule has 0 amide bonds. The zero-order valence-corrected chi connectivity index (χ0v) is 19.3. The van der Waals surface area contributed by atoms with Crippen molar-refractivity contribution in [1.29, 1.82) is 0 Å². The van der Waals surface area contributed by atoms with Crippen LogP contribution >= 0.6 is 0 Å². The molecular weight excluding hydrogens is 407 g/mol. The van der Waals surface area contributed by atoms with Gasteiger partial charge in [-0.05, 0) is 12.2 Å². The van der Waals surface area contributed by atoms with Crippen LogP contribution in [0.1, 0.15) is 0 Å². The Labute approximate surface area is 221 Å². The van der Waals surface area contributed by atoms with E-state index >= 15 is 0 Å². The van der Waals surface area contributed by atoms with Crippen LogP contribution in [-0.4, -0.2) is 65.5 Å². The van der Waals surface area contributed by atoms with Crippen molar-refractivity contribution in [3.05, 3.63) is 23.8 Å². The number of ketones is 1. The summed E-state index contributed by atoms with van der Waals surface area (Å²) in [4.78, 5) is 13.8. The van der Waals surface area contributed by atoms with E-state index in [4.69, 9.17) is 26.1 Å². The van der Waals surface area contributed by atoms with E-state index < -0.39 is 5.95 Å². The summed E-state index contributed by atoms with van der Waals surface area (Å²) >= 11 is 0. The Morgan fingerprint density at radius 1 is 0.955 bits per heavy atom. The average molecular weight is 424 g/mol. The topological polar surface area (TPSA) is 310 Å². The van der Waals surface area contributed by atoms with Crippen LogP contribution in [0.3, 0.4) is 0 Å². The summed E-state index contributed by atoms with van der Waals surface area (Å²) in [7, 11) is 0. The molecule has 1 aliphatic rings. The summed E-state index contributed by atoms with van der Waals surface area (Å²) < 4.78 is 0. The van der Waals surface area contributed by atoms with Crippen LogP contribution < -0.4 is 108 Å². The average Bonchev–Trinajstić information content (AvgIpc) is 2.24. The Kier molecular flexibility index (Phi) is 146. The number of carbonyl (C=O) groups excluding carboxylic acids is 1. The van der Waals surface area contributed by atoms with E-state index in [1.54, 1.807) is 0 Å². The van der Waals surface area contributed by atoms with Crippen molar-refractivity contribution in [2.45, 2.75) is 0 Å². The minimum Gasteiger partial charge on any atom is -0.870 e. The molecule has 0 saturated heterocycles. The second-order valence-electron chi connectivity index (χ2n) is 1.68. The summed E-state index contributed by atoms with van der Waals surface area (Å²) in [5.74, 6) is -1.41. The molecule has 125 valence electrons. The summed E-state index contributed by atoms with van der Waals surface area (Å²) in [5.41, 5.74) is -0.111. The molecule has 1 rings (SSSR count). The predicted octanol–water partition coefficient (Wildman–Crippen LogP) is -10.2. The smallest absolute Gasteiger partial charge is 0.870 e. The molecule has 0 fully saturated rings. The fraction of sp³-hybridized carbons (Fsp3) is 0. The zero-order valence-electron chi connectivity index (χ0n) is 11.6. The predicted molar refractivity (Wildman–Crippen MR) is 59.2 cm³/mol.